The van der Waals surface area contributed by atoms with Crippen LogP contribution in [0.15, 0.2) is 12.1 Å². The predicted octanol–water partition coefficient (Wildman–Crippen LogP) is 1.79. The summed E-state index contributed by atoms with van der Waals surface area (Å²) in [6.07, 6.45) is 0. The molecule has 1 aromatic carbocycles. The molecule has 0 unspecified atom stereocenters. The molecule has 0 saturated heterocycles. The average molecular weight is 235 g/mol. The van der Waals surface area contributed by atoms with E-state index in [1.54, 1.807) is 6.07 Å². The molecule has 15 heavy (non-hydrogen) atoms. The van der Waals surface area contributed by atoms with Crippen molar-refractivity contribution in [2.24, 2.45) is 5.73 Å². The molecule has 1 rings (SSSR count). The third-order valence-electron chi connectivity index (χ3n) is 1.79. The molecule has 0 saturated carbocycles. The fourth-order valence-electron chi connectivity index (χ4n) is 1.05. The summed E-state index contributed by atoms with van der Waals surface area (Å²) in [6, 6.07) is 2.61. The van der Waals surface area contributed by atoms with Crippen LogP contribution >= 0.6 is 12.4 Å². The molecule has 1 aromatic rings. The monoisotopic (exact) mass is 234 g/mol. The molecular formula is C9H9ClF2N2O. The smallest absolute Gasteiger partial charge is 0.166 e. The highest BCUT2D eigenvalue weighted by molar-refractivity contribution is 5.85. The molecule has 0 aliphatic carbocycles. The van der Waals surface area contributed by atoms with Gasteiger partial charge in [0.05, 0.1) is 17.7 Å². The Morgan fingerprint density at radius 1 is 1.53 bits per heavy atom. The van der Waals surface area contributed by atoms with E-state index in [0.717, 1.165) is 6.07 Å². The predicted molar refractivity (Wildman–Crippen MR) is 52.9 cm³/mol. The second kappa shape index (κ2) is 5.49. The summed E-state index contributed by atoms with van der Waals surface area (Å²) in [6.45, 7) is -0.929. The number of aromatic hydroxyl groups is 1. The van der Waals surface area contributed by atoms with Gasteiger partial charge in [-0.25, -0.2) is 8.78 Å². The van der Waals surface area contributed by atoms with Crippen LogP contribution in [-0.4, -0.2) is 11.8 Å². The Labute approximate surface area is 91.5 Å². The Hall–Kier alpha value is -1.38. The van der Waals surface area contributed by atoms with Gasteiger partial charge in [-0.05, 0) is 12.1 Å². The van der Waals surface area contributed by atoms with E-state index in [4.69, 9.17) is 11.0 Å². The molecule has 6 heteroatoms. The number of nitrogens with two attached hydrogens (primary N) is 1. The molecule has 0 aliphatic rings. The fraction of sp³-hybridized carbons (Fsp3) is 0.222. The maximum Gasteiger partial charge on any atom is 0.166 e. The Kier molecular flexibility index (Phi) is 4.98. The number of rotatable bonds is 2. The van der Waals surface area contributed by atoms with Crippen molar-refractivity contribution in [2.75, 3.05) is 6.67 Å². The van der Waals surface area contributed by atoms with Crippen LogP contribution in [0.4, 0.5) is 8.78 Å². The van der Waals surface area contributed by atoms with Gasteiger partial charge in [0.25, 0.3) is 0 Å². The van der Waals surface area contributed by atoms with Crippen LogP contribution < -0.4 is 5.73 Å². The largest absolute Gasteiger partial charge is 0.505 e. The van der Waals surface area contributed by atoms with Crippen LogP contribution in [0.1, 0.15) is 17.2 Å². The van der Waals surface area contributed by atoms with Crippen LogP contribution in [0, 0.1) is 17.1 Å². The van der Waals surface area contributed by atoms with E-state index in [9.17, 15) is 13.9 Å². The van der Waals surface area contributed by atoms with E-state index in [1.807, 2.05) is 0 Å². The van der Waals surface area contributed by atoms with Gasteiger partial charge in [0.1, 0.15) is 6.67 Å². The summed E-state index contributed by atoms with van der Waals surface area (Å²) >= 11 is 0. The minimum Gasteiger partial charge on any atom is -0.505 e. The SMILES string of the molecule is Cl.N#Cc1cc(F)c(O)c([C@@H](N)CF)c1. The maximum atomic E-state index is 12.9. The van der Waals surface area contributed by atoms with E-state index >= 15 is 0 Å². The second-order valence-corrected chi connectivity index (χ2v) is 2.77. The van der Waals surface area contributed by atoms with Crippen molar-refractivity contribution in [3.63, 3.8) is 0 Å². The van der Waals surface area contributed by atoms with E-state index in [1.165, 1.54) is 6.07 Å². The van der Waals surface area contributed by atoms with Crippen molar-refractivity contribution in [2.45, 2.75) is 6.04 Å². The summed E-state index contributed by atoms with van der Waals surface area (Å²) in [4.78, 5) is 0. The first-order valence-electron chi connectivity index (χ1n) is 3.84. The summed E-state index contributed by atoms with van der Waals surface area (Å²) < 4.78 is 25.1. The van der Waals surface area contributed by atoms with Crippen molar-refractivity contribution in [1.82, 2.24) is 0 Å². The number of nitrogens with zero attached hydrogens (tertiary/aromatic N) is 1. The Balaban J connectivity index is 0.00000196. The third-order valence-corrected chi connectivity index (χ3v) is 1.79. The van der Waals surface area contributed by atoms with Gasteiger partial charge in [-0.1, -0.05) is 0 Å². The second-order valence-electron chi connectivity index (χ2n) is 2.77. The topological polar surface area (TPSA) is 70.0 Å². The molecule has 0 amide bonds. The van der Waals surface area contributed by atoms with Crippen molar-refractivity contribution in [3.8, 4) is 11.8 Å². The Morgan fingerprint density at radius 2 is 2.13 bits per heavy atom. The first-order valence-corrected chi connectivity index (χ1v) is 3.84. The lowest BCUT2D eigenvalue weighted by Gasteiger charge is -2.10. The quantitative estimate of drug-likeness (QED) is 0.820. The fourth-order valence-corrected chi connectivity index (χ4v) is 1.05. The third kappa shape index (κ3) is 2.78. The molecule has 0 fully saturated rings. The minimum absolute atomic E-state index is 0. The van der Waals surface area contributed by atoms with Crippen LogP contribution in [0.2, 0.25) is 0 Å². The number of hydrogen-bond acceptors (Lipinski definition) is 3. The summed E-state index contributed by atoms with van der Waals surface area (Å²) in [5.74, 6) is -1.67. The van der Waals surface area contributed by atoms with Crippen molar-refractivity contribution >= 4 is 12.4 Å². The van der Waals surface area contributed by atoms with Crippen LogP contribution in [0.5, 0.6) is 5.75 Å². The normalized spacial score (nSPS) is 11.3. The zero-order valence-corrected chi connectivity index (χ0v) is 8.39. The first-order chi connectivity index (χ1) is 6.60. The van der Waals surface area contributed by atoms with Gasteiger partial charge in [-0.15, -0.1) is 12.4 Å². The number of alkyl halides is 1. The number of benzene rings is 1. The number of nitriles is 1. The highest BCUT2D eigenvalue weighted by Gasteiger charge is 2.15. The van der Waals surface area contributed by atoms with Crippen LogP contribution in [0.25, 0.3) is 0 Å². The minimum atomic E-state index is -1.11. The molecule has 0 radical (unpaired) electrons. The molecule has 1 atom stereocenters. The molecular weight excluding hydrogens is 226 g/mol. The van der Waals surface area contributed by atoms with Gasteiger partial charge in [-0.2, -0.15) is 5.26 Å². The molecule has 3 N–H and O–H groups in total. The van der Waals surface area contributed by atoms with Crippen molar-refractivity contribution in [3.05, 3.63) is 29.1 Å². The summed E-state index contributed by atoms with van der Waals surface area (Å²) in [7, 11) is 0. The van der Waals surface area contributed by atoms with Gasteiger partial charge in [0.15, 0.2) is 11.6 Å². The molecule has 0 aromatic heterocycles. The number of halogens is 3. The van der Waals surface area contributed by atoms with E-state index in [0.29, 0.717) is 0 Å². The zero-order chi connectivity index (χ0) is 10.7. The van der Waals surface area contributed by atoms with E-state index in [-0.39, 0.29) is 23.5 Å². The summed E-state index contributed by atoms with van der Waals surface area (Å²) in [5, 5.41) is 17.7. The van der Waals surface area contributed by atoms with Gasteiger partial charge in [-0.3, -0.25) is 0 Å². The van der Waals surface area contributed by atoms with Crippen LogP contribution in [0.3, 0.4) is 0 Å². The first kappa shape index (κ1) is 13.6. The Bertz CT molecular complexity index is 392. The van der Waals surface area contributed by atoms with E-state index in [2.05, 4.69) is 0 Å². The summed E-state index contributed by atoms with van der Waals surface area (Å²) in [5.41, 5.74) is 5.18. The average Bonchev–Trinajstić information content (AvgIpc) is 2.20. The van der Waals surface area contributed by atoms with Gasteiger partial charge in [0.2, 0.25) is 0 Å². The maximum absolute atomic E-state index is 12.9. The van der Waals surface area contributed by atoms with Gasteiger partial charge >= 0.3 is 0 Å². The lowest BCUT2D eigenvalue weighted by Crippen LogP contribution is -2.13. The highest BCUT2D eigenvalue weighted by Crippen LogP contribution is 2.27. The molecule has 0 aliphatic heterocycles. The Morgan fingerprint density at radius 3 is 2.60 bits per heavy atom. The van der Waals surface area contributed by atoms with Crippen molar-refractivity contribution in [1.29, 1.82) is 5.26 Å². The van der Waals surface area contributed by atoms with Crippen molar-refractivity contribution < 1.29 is 13.9 Å². The lowest BCUT2D eigenvalue weighted by molar-refractivity contribution is 0.396. The molecule has 0 bridgehead atoms. The number of phenols is 1. The standard InChI is InChI=1S/C9H8F2N2O.ClH/c10-3-8(13)6-1-5(4-12)2-7(11)9(6)14;/h1-2,8,14H,3,13H2;1H/t8-;/m0./s1. The highest BCUT2D eigenvalue weighted by atomic mass is 35.5. The molecule has 0 spiro atoms. The molecule has 0 heterocycles. The molecule has 82 valence electrons. The van der Waals surface area contributed by atoms with Gasteiger partial charge < -0.3 is 10.8 Å². The lowest BCUT2D eigenvalue weighted by atomic mass is 10.0. The zero-order valence-electron chi connectivity index (χ0n) is 7.58. The van der Waals surface area contributed by atoms with Gasteiger partial charge in [0, 0.05) is 5.56 Å². The molecule has 3 nitrogen and oxygen atoms in total. The van der Waals surface area contributed by atoms with E-state index < -0.39 is 24.3 Å². The number of hydrogen-bond donors (Lipinski definition) is 2. The van der Waals surface area contributed by atoms with Crippen LogP contribution in [-0.2, 0) is 0 Å². The number of phenolic OH excluding ortho intramolecular Hbond substituents is 1.